The topological polar surface area (TPSA) is 79.0 Å². The van der Waals surface area contributed by atoms with Gasteiger partial charge < -0.3 is 4.98 Å². The molecule has 0 aliphatic carbocycles. The summed E-state index contributed by atoms with van der Waals surface area (Å²) in [5.41, 5.74) is 2.37. The molecule has 0 radical (unpaired) electrons. The lowest BCUT2D eigenvalue weighted by Crippen LogP contribution is -2.25. The van der Waals surface area contributed by atoms with Crippen LogP contribution in [0.5, 0.6) is 0 Å². The lowest BCUT2D eigenvalue weighted by atomic mass is 10.1. The van der Waals surface area contributed by atoms with E-state index in [0.717, 1.165) is 27.8 Å². The molecule has 25 heavy (non-hydrogen) atoms. The van der Waals surface area contributed by atoms with Crippen molar-refractivity contribution in [3.63, 3.8) is 0 Å². The molecule has 2 aromatic heterocycles. The molecule has 0 aliphatic heterocycles. The summed E-state index contributed by atoms with van der Waals surface area (Å²) in [5.74, 6) is 0. The van der Waals surface area contributed by atoms with Crippen molar-refractivity contribution in [1.29, 1.82) is 0 Å². The Morgan fingerprint density at radius 3 is 2.68 bits per heavy atom. The summed E-state index contributed by atoms with van der Waals surface area (Å²) in [6.45, 7) is 4.10. The molecule has 0 atom stereocenters. The quantitative estimate of drug-likeness (QED) is 0.694. The second-order valence-electron chi connectivity index (χ2n) is 5.93. The van der Waals surface area contributed by atoms with E-state index in [-0.39, 0.29) is 5.56 Å². The van der Waals surface area contributed by atoms with Gasteiger partial charge in [0.2, 0.25) is 10.0 Å². The first-order valence-electron chi connectivity index (χ1n) is 8.10. The van der Waals surface area contributed by atoms with Crippen molar-refractivity contribution in [2.75, 3.05) is 6.54 Å². The van der Waals surface area contributed by atoms with E-state index >= 15 is 0 Å². The van der Waals surface area contributed by atoms with E-state index in [1.807, 2.05) is 37.3 Å². The Bertz CT molecular complexity index is 1070. The lowest BCUT2D eigenvalue weighted by molar-refractivity contribution is 0.584. The minimum Gasteiger partial charge on any atom is -0.322 e. The molecule has 0 aliphatic rings. The maximum atomic E-state index is 12.3. The normalized spacial score (nSPS) is 11.9. The molecule has 0 fully saturated rings. The van der Waals surface area contributed by atoms with Gasteiger partial charge in [0.25, 0.3) is 5.56 Å². The summed E-state index contributed by atoms with van der Waals surface area (Å²) in [5, 5.41) is 0.948. The highest BCUT2D eigenvalue weighted by atomic mass is 32.2. The maximum Gasteiger partial charge on any atom is 0.251 e. The van der Waals surface area contributed by atoms with Crippen molar-refractivity contribution in [3.8, 4) is 0 Å². The number of aryl methyl sites for hydroxylation is 2. The zero-order valence-electron chi connectivity index (χ0n) is 14.1. The number of hydrogen-bond acceptors (Lipinski definition) is 4. The predicted molar refractivity (Wildman–Crippen MR) is 102 cm³/mol. The molecular weight excluding hydrogens is 356 g/mol. The Hall–Kier alpha value is -1.96. The molecule has 0 saturated heterocycles. The van der Waals surface area contributed by atoms with Gasteiger partial charge in [-0.05, 0) is 61.0 Å². The highest BCUT2D eigenvalue weighted by Crippen LogP contribution is 2.21. The Balaban J connectivity index is 1.70. The zero-order chi connectivity index (χ0) is 18.0. The van der Waals surface area contributed by atoms with E-state index < -0.39 is 10.0 Å². The van der Waals surface area contributed by atoms with Crippen molar-refractivity contribution in [3.05, 3.63) is 62.8 Å². The van der Waals surface area contributed by atoms with E-state index in [4.69, 9.17) is 0 Å². The van der Waals surface area contributed by atoms with Crippen LogP contribution in [0.1, 0.15) is 22.9 Å². The van der Waals surface area contributed by atoms with Gasteiger partial charge in [0, 0.05) is 22.5 Å². The molecule has 132 valence electrons. The highest BCUT2D eigenvalue weighted by Gasteiger charge is 2.15. The second kappa shape index (κ2) is 7.11. The van der Waals surface area contributed by atoms with Gasteiger partial charge in [0.15, 0.2) is 0 Å². The van der Waals surface area contributed by atoms with Crippen LogP contribution < -0.4 is 10.3 Å². The summed E-state index contributed by atoms with van der Waals surface area (Å²) in [6.07, 6.45) is 1.41. The average molecular weight is 377 g/mol. The monoisotopic (exact) mass is 376 g/mol. The number of benzene rings is 1. The van der Waals surface area contributed by atoms with Crippen molar-refractivity contribution < 1.29 is 8.42 Å². The summed E-state index contributed by atoms with van der Waals surface area (Å²) in [4.78, 5) is 15.5. The predicted octanol–water partition coefficient (Wildman–Crippen LogP) is 2.98. The van der Waals surface area contributed by atoms with E-state index in [0.29, 0.717) is 22.7 Å². The van der Waals surface area contributed by atoms with Gasteiger partial charge in [-0.25, -0.2) is 13.1 Å². The van der Waals surface area contributed by atoms with E-state index in [1.165, 1.54) is 11.3 Å². The largest absolute Gasteiger partial charge is 0.322 e. The van der Waals surface area contributed by atoms with E-state index in [9.17, 15) is 13.2 Å². The van der Waals surface area contributed by atoms with Gasteiger partial charge in [-0.1, -0.05) is 13.0 Å². The van der Waals surface area contributed by atoms with Gasteiger partial charge in [0.1, 0.15) is 4.21 Å². The van der Waals surface area contributed by atoms with Crippen LogP contribution in [-0.2, 0) is 22.9 Å². The third-order valence-corrected chi connectivity index (χ3v) is 7.23. The molecule has 0 saturated carbocycles. The second-order valence-corrected chi connectivity index (χ2v) is 9.09. The van der Waals surface area contributed by atoms with Crippen LogP contribution in [0.25, 0.3) is 10.9 Å². The molecule has 0 amide bonds. The van der Waals surface area contributed by atoms with Crippen LogP contribution in [0.3, 0.4) is 0 Å². The standard InChI is InChI=1S/C18H20N2O3S2/c1-3-15-5-7-17(24-15)25(22,23)19-9-8-13-4-6-16-14(11-13)10-12(2)18(21)20-16/h4-7,10-11,19H,3,8-9H2,1-2H3,(H,20,21). The number of pyridine rings is 1. The minimum absolute atomic E-state index is 0.0876. The van der Waals surface area contributed by atoms with Gasteiger partial charge >= 0.3 is 0 Å². The van der Waals surface area contributed by atoms with Crippen molar-refractivity contribution >= 4 is 32.3 Å². The third-order valence-electron chi connectivity index (χ3n) is 4.05. The Morgan fingerprint density at radius 1 is 1.16 bits per heavy atom. The fourth-order valence-corrected chi connectivity index (χ4v) is 4.99. The number of fused-ring (bicyclic) bond motifs is 1. The van der Waals surface area contributed by atoms with Crippen LogP contribution in [-0.4, -0.2) is 19.9 Å². The van der Waals surface area contributed by atoms with Gasteiger partial charge in [-0.15, -0.1) is 11.3 Å². The van der Waals surface area contributed by atoms with Crippen LogP contribution in [0.15, 0.2) is 45.4 Å². The molecule has 0 unspecified atom stereocenters. The number of rotatable bonds is 6. The van der Waals surface area contributed by atoms with Gasteiger partial charge in [-0.3, -0.25) is 4.79 Å². The molecule has 7 heteroatoms. The van der Waals surface area contributed by atoms with Gasteiger partial charge in [0.05, 0.1) is 0 Å². The zero-order valence-corrected chi connectivity index (χ0v) is 15.8. The number of aromatic nitrogens is 1. The molecule has 1 aromatic carbocycles. The number of hydrogen-bond donors (Lipinski definition) is 2. The molecule has 2 heterocycles. The third kappa shape index (κ3) is 4.00. The Kier molecular flexibility index (Phi) is 5.08. The minimum atomic E-state index is -3.45. The number of thiophene rings is 1. The van der Waals surface area contributed by atoms with E-state index in [2.05, 4.69) is 9.71 Å². The Morgan fingerprint density at radius 2 is 1.96 bits per heavy atom. The average Bonchev–Trinajstić information content (AvgIpc) is 3.06. The van der Waals surface area contributed by atoms with E-state index in [1.54, 1.807) is 13.0 Å². The summed E-state index contributed by atoms with van der Waals surface area (Å²) in [7, 11) is -3.45. The summed E-state index contributed by atoms with van der Waals surface area (Å²) in [6, 6.07) is 11.1. The highest BCUT2D eigenvalue weighted by molar-refractivity contribution is 7.91. The van der Waals surface area contributed by atoms with Crippen LogP contribution in [0.4, 0.5) is 0 Å². The molecule has 0 bridgehead atoms. The number of nitrogens with one attached hydrogen (secondary N) is 2. The van der Waals surface area contributed by atoms with Crippen LogP contribution >= 0.6 is 11.3 Å². The number of sulfonamides is 1. The maximum absolute atomic E-state index is 12.3. The molecular formula is C18H20N2O3S2. The number of H-pyrrole nitrogens is 1. The molecule has 0 spiro atoms. The fourth-order valence-electron chi connectivity index (χ4n) is 2.61. The van der Waals surface area contributed by atoms with Crippen LogP contribution in [0.2, 0.25) is 0 Å². The first-order chi connectivity index (χ1) is 11.9. The molecule has 2 N–H and O–H groups in total. The van der Waals surface area contributed by atoms with Crippen molar-refractivity contribution in [2.24, 2.45) is 0 Å². The number of aromatic amines is 1. The SMILES string of the molecule is CCc1ccc(S(=O)(=O)NCCc2ccc3[nH]c(=O)c(C)cc3c2)s1. The first-order valence-corrected chi connectivity index (χ1v) is 10.4. The van der Waals surface area contributed by atoms with Crippen molar-refractivity contribution in [1.82, 2.24) is 9.71 Å². The first kappa shape index (κ1) is 17.8. The smallest absolute Gasteiger partial charge is 0.251 e. The molecule has 3 aromatic rings. The fraction of sp³-hybridized carbons (Fsp3) is 0.278. The lowest BCUT2D eigenvalue weighted by Gasteiger charge is -2.07. The van der Waals surface area contributed by atoms with Crippen molar-refractivity contribution in [2.45, 2.75) is 30.9 Å². The van der Waals surface area contributed by atoms with Gasteiger partial charge in [-0.2, -0.15) is 0 Å². The summed E-state index contributed by atoms with van der Waals surface area (Å²) >= 11 is 1.31. The molecule has 5 nitrogen and oxygen atoms in total. The summed E-state index contributed by atoms with van der Waals surface area (Å²) < 4.78 is 27.6. The Labute approximate surface area is 150 Å². The molecule has 3 rings (SSSR count). The van der Waals surface area contributed by atoms with Crippen LogP contribution in [0, 0.1) is 6.92 Å².